The molecule has 5 rings (SSSR count). The second kappa shape index (κ2) is 8.90. The number of likely N-dealkylation sites (tertiary alicyclic amines) is 1. The van der Waals surface area contributed by atoms with E-state index in [1.165, 1.54) is 11.0 Å². The van der Waals surface area contributed by atoms with Gasteiger partial charge >= 0.3 is 6.09 Å². The van der Waals surface area contributed by atoms with Crippen LogP contribution in [0.25, 0.3) is 11.3 Å². The van der Waals surface area contributed by atoms with Gasteiger partial charge in [-0.1, -0.05) is 30.3 Å². The molecule has 0 radical (unpaired) electrons. The summed E-state index contributed by atoms with van der Waals surface area (Å²) in [7, 11) is 0. The molecule has 9 nitrogen and oxygen atoms in total. The van der Waals surface area contributed by atoms with Crippen LogP contribution < -0.4 is 10.5 Å². The highest BCUT2D eigenvalue weighted by Crippen LogP contribution is 2.40. The number of nitrogens with zero attached hydrogens (tertiary/aromatic N) is 5. The minimum absolute atomic E-state index is 0.145. The van der Waals surface area contributed by atoms with Gasteiger partial charge in [0.05, 0.1) is 18.3 Å². The summed E-state index contributed by atoms with van der Waals surface area (Å²) in [5.41, 5.74) is 1.59. The molecule has 1 atom stereocenters. The van der Waals surface area contributed by atoms with Gasteiger partial charge in [-0.05, 0) is 37.0 Å². The molecule has 2 N–H and O–H groups in total. The smallest absolute Gasteiger partial charge is 0.407 e. The number of fused-ring (bicyclic) bond motifs is 1. The van der Waals surface area contributed by atoms with Crippen LogP contribution in [0.15, 0.2) is 65.7 Å². The first-order valence-electron chi connectivity index (χ1n) is 11.5. The topological polar surface area (TPSA) is 112 Å². The standard InChI is InChI=1S/C25H27N5O4/c31-21(19-4-2-1-3-5-19)17-30-23-27-20(18-6-11-26-12-7-18)16-22(32)29(23)15-10-25(30)8-13-28(14-9-25)24(33)34/h1-7,11-12,16,21,31H,8-10,13-15,17H2,(H,33,34)/t21-/m1/s1. The quantitative estimate of drug-likeness (QED) is 0.614. The molecule has 1 saturated heterocycles. The first-order chi connectivity index (χ1) is 16.5. The molecule has 0 unspecified atom stereocenters. The van der Waals surface area contributed by atoms with Crippen molar-refractivity contribution in [1.82, 2.24) is 19.4 Å². The largest absolute Gasteiger partial charge is 0.465 e. The average molecular weight is 462 g/mol. The van der Waals surface area contributed by atoms with Gasteiger partial charge in [-0.2, -0.15) is 0 Å². The van der Waals surface area contributed by atoms with Crippen molar-refractivity contribution in [1.29, 1.82) is 0 Å². The lowest BCUT2D eigenvalue weighted by atomic mass is 9.81. The highest BCUT2D eigenvalue weighted by Gasteiger charge is 2.45. The summed E-state index contributed by atoms with van der Waals surface area (Å²) in [6.45, 7) is 1.56. The van der Waals surface area contributed by atoms with Gasteiger partial charge < -0.3 is 20.0 Å². The van der Waals surface area contributed by atoms with Crippen molar-refractivity contribution >= 4 is 12.0 Å². The highest BCUT2D eigenvalue weighted by molar-refractivity contribution is 5.65. The maximum atomic E-state index is 13.1. The normalized spacial score (nSPS) is 17.9. The number of hydrogen-bond donors (Lipinski definition) is 2. The second-order valence-corrected chi connectivity index (χ2v) is 8.95. The maximum Gasteiger partial charge on any atom is 0.407 e. The summed E-state index contributed by atoms with van der Waals surface area (Å²) in [4.78, 5) is 37.1. The molecule has 2 aliphatic rings. The van der Waals surface area contributed by atoms with E-state index in [1.807, 2.05) is 42.5 Å². The lowest BCUT2D eigenvalue weighted by Gasteiger charge is -2.52. The third kappa shape index (κ3) is 4.03. The van der Waals surface area contributed by atoms with Crippen molar-refractivity contribution in [2.75, 3.05) is 24.5 Å². The first kappa shape index (κ1) is 22.1. The monoisotopic (exact) mass is 461 g/mol. The Kier molecular flexibility index (Phi) is 5.79. The summed E-state index contributed by atoms with van der Waals surface area (Å²) >= 11 is 0. The molecular weight excluding hydrogens is 434 g/mol. The van der Waals surface area contributed by atoms with E-state index in [0.29, 0.717) is 50.5 Å². The summed E-state index contributed by atoms with van der Waals surface area (Å²) in [6.07, 6.45) is 3.51. The maximum absolute atomic E-state index is 13.1. The summed E-state index contributed by atoms with van der Waals surface area (Å²) in [5, 5.41) is 20.6. The van der Waals surface area contributed by atoms with Crippen LogP contribution in [0.1, 0.15) is 30.9 Å². The van der Waals surface area contributed by atoms with Crippen LogP contribution in [0.4, 0.5) is 10.7 Å². The Morgan fingerprint density at radius 1 is 1.03 bits per heavy atom. The zero-order valence-corrected chi connectivity index (χ0v) is 18.7. The fourth-order valence-corrected chi connectivity index (χ4v) is 5.11. The number of rotatable bonds is 4. The molecule has 34 heavy (non-hydrogen) atoms. The molecule has 0 saturated carbocycles. The van der Waals surface area contributed by atoms with Gasteiger partial charge in [0, 0.05) is 49.2 Å². The van der Waals surface area contributed by atoms with Gasteiger partial charge in [0.25, 0.3) is 5.56 Å². The average Bonchev–Trinajstić information content (AvgIpc) is 2.87. The SMILES string of the molecule is O=C(O)N1CCC2(CC1)CCn1c(nc(-c3ccncc3)cc1=O)N2C[C@@H](O)c1ccccc1. The number of carboxylic acid groups (broad SMARTS) is 1. The van der Waals surface area contributed by atoms with Crippen molar-refractivity contribution in [3.05, 3.63) is 76.8 Å². The zero-order chi connectivity index (χ0) is 23.7. The Morgan fingerprint density at radius 3 is 2.38 bits per heavy atom. The van der Waals surface area contributed by atoms with E-state index in [1.54, 1.807) is 17.0 Å². The van der Waals surface area contributed by atoms with E-state index in [-0.39, 0.29) is 12.1 Å². The van der Waals surface area contributed by atoms with E-state index in [4.69, 9.17) is 4.98 Å². The van der Waals surface area contributed by atoms with Gasteiger partial charge in [-0.25, -0.2) is 9.78 Å². The van der Waals surface area contributed by atoms with E-state index < -0.39 is 17.7 Å². The number of anilines is 1. The Hall–Kier alpha value is -3.72. The number of aliphatic hydroxyl groups is 1. The third-order valence-corrected chi connectivity index (χ3v) is 7.08. The third-order valence-electron chi connectivity index (χ3n) is 7.08. The molecular formula is C25H27N5O4. The molecule has 2 aromatic heterocycles. The number of piperidine rings is 1. The Morgan fingerprint density at radius 2 is 1.71 bits per heavy atom. The number of benzene rings is 1. The zero-order valence-electron chi connectivity index (χ0n) is 18.7. The molecule has 1 spiro atoms. The predicted octanol–water partition coefficient (Wildman–Crippen LogP) is 2.76. The molecule has 1 fully saturated rings. The fourth-order valence-electron chi connectivity index (χ4n) is 5.11. The van der Waals surface area contributed by atoms with Gasteiger partial charge in [0.1, 0.15) is 0 Å². The van der Waals surface area contributed by atoms with Crippen LogP contribution in [-0.4, -0.2) is 60.9 Å². The highest BCUT2D eigenvalue weighted by atomic mass is 16.4. The lowest BCUT2D eigenvalue weighted by molar-refractivity contribution is 0.0981. The fraction of sp³-hybridized carbons (Fsp3) is 0.360. The molecule has 0 bridgehead atoms. The van der Waals surface area contributed by atoms with E-state index in [9.17, 15) is 19.8 Å². The van der Waals surface area contributed by atoms with E-state index in [0.717, 1.165) is 11.1 Å². The van der Waals surface area contributed by atoms with E-state index >= 15 is 0 Å². The molecule has 176 valence electrons. The number of amides is 1. The van der Waals surface area contributed by atoms with Crippen LogP contribution in [-0.2, 0) is 6.54 Å². The minimum Gasteiger partial charge on any atom is -0.465 e. The second-order valence-electron chi connectivity index (χ2n) is 8.95. The van der Waals surface area contributed by atoms with Gasteiger partial charge in [0.2, 0.25) is 5.95 Å². The molecule has 9 heteroatoms. The predicted molar refractivity (Wildman–Crippen MR) is 127 cm³/mol. The van der Waals surface area contributed by atoms with Crippen molar-refractivity contribution in [3.8, 4) is 11.3 Å². The van der Waals surface area contributed by atoms with Crippen molar-refractivity contribution in [2.45, 2.75) is 37.5 Å². The van der Waals surface area contributed by atoms with E-state index in [2.05, 4.69) is 9.88 Å². The Balaban J connectivity index is 1.57. The van der Waals surface area contributed by atoms with Crippen LogP contribution in [0, 0.1) is 0 Å². The Bertz CT molecular complexity index is 1220. The number of hydrogen-bond acceptors (Lipinski definition) is 6. The van der Waals surface area contributed by atoms with Gasteiger partial charge in [-0.3, -0.25) is 14.3 Å². The van der Waals surface area contributed by atoms with Crippen molar-refractivity contribution < 1.29 is 15.0 Å². The molecule has 0 aliphatic carbocycles. The number of aliphatic hydroxyl groups excluding tert-OH is 1. The van der Waals surface area contributed by atoms with Crippen LogP contribution >= 0.6 is 0 Å². The molecule has 2 aliphatic heterocycles. The molecule has 4 heterocycles. The van der Waals surface area contributed by atoms with Crippen molar-refractivity contribution in [3.63, 3.8) is 0 Å². The van der Waals surface area contributed by atoms with Gasteiger partial charge in [0.15, 0.2) is 0 Å². The number of pyridine rings is 1. The van der Waals surface area contributed by atoms with Crippen LogP contribution in [0.2, 0.25) is 0 Å². The number of carbonyl (C=O) groups is 1. The number of aromatic nitrogens is 3. The van der Waals surface area contributed by atoms with Gasteiger partial charge in [-0.15, -0.1) is 0 Å². The number of β-amino-alcohol motifs (C(OH)–C–C–N with tert-alkyl or cyclic N) is 1. The molecule has 1 aromatic carbocycles. The summed E-state index contributed by atoms with van der Waals surface area (Å²) < 4.78 is 1.66. The van der Waals surface area contributed by atoms with Crippen LogP contribution in [0.5, 0.6) is 0 Å². The summed E-state index contributed by atoms with van der Waals surface area (Å²) in [6, 6.07) is 14.6. The molecule has 1 amide bonds. The summed E-state index contributed by atoms with van der Waals surface area (Å²) in [5.74, 6) is 0.518. The van der Waals surface area contributed by atoms with Crippen LogP contribution in [0.3, 0.4) is 0 Å². The molecule has 3 aromatic rings. The van der Waals surface area contributed by atoms with Crippen molar-refractivity contribution in [2.24, 2.45) is 0 Å². The first-order valence-corrected chi connectivity index (χ1v) is 11.5. The lowest BCUT2D eigenvalue weighted by Crippen LogP contribution is -2.61. The Labute approximate surface area is 196 Å². The minimum atomic E-state index is -0.920.